The first-order valence-electron chi connectivity index (χ1n) is 13.6. The Morgan fingerprint density at radius 1 is 1.27 bits per heavy atom. The summed E-state index contributed by atoms with van der Waals surface area (Å²) in [6.45, 7) is 11.5. The largest absolute Gasteiger partial charge is 0.491 e. The van der Waals surface area contributed by atoms with Crippen LogP contribution in [0.5, 0.6) is 5.75 Å². The normalized spacial score (nSPS) is 21.6. The zero-order valence-electron chi connectivity index (χ0n) is 23.0. The van der Waals surface area contributed by atoms with E-state index in [0.717, 1.165) is 34.7 Å². The van der Waals surface area contributed by atoms with Gasteiger partial charge < -0.3 is 25.0 Å². The van der Waals surface area contributed by atoms with Crippen molar-refractivity contribution in [2.45, 2.75) is 62.1 Å². The highest BCUT2D eigenvalue weighted by atomic mass is 32.2. The fraction of sp³-hybridized carbons (Fsp3) is 0.448. The predicted octanol–water partition coefficient (Wildman–Crippen LogP) is 3.86. The van der Waals surface area contributed by atoms with Crippen LogP contribution in [0.2, 0.25) is 0 Å². The Morgan fingerprint density at radius 3 is 2.85 bits per heavy atom. The zero-order chi connectivity index (χ0) is 28.4. The molecule has 0 aliphatic carbocycles. The maximum Gasteiger partial charge on any atom is 0.327 e. The van der Waals surface area contributed by atoms with Crippen molar-refractivity contribution in [2.24, 2.45) is 0 Å². The minimum absolute atomic E-state index is 0.134. The highest BCUT2D eigenvalue weighted by Crippen LogP contribution is 2.51. The molecule has 10 nitrogen and oxygen atoms in total. The number of amides is 4. The number of rotatable bonds is 9. The molecule has 11 heteroatoms. The number of likely N-dealkylation sites (tertiary alicyclic amines) is 1. The van der Waals surface area contributed by atoms with Gasteiger partial charge >= 0.3 is 6.03 Å². The Hall–Kier alpha value is -3.57. The SMILES string of the molecule is C=CC(=O)N1CCCC(NC(=O)[C@@H]2Sc3nccc4c3C2NC(=O)N4c2ccc(OCCOC(C)C)cc2C)C1. The molecule has 1 fully saturated rings. The third-order valence-corrected chi connectivity index (χ3v) is 8.52. The van der Waals surface area contributed by atoms with Gasteiger partial charge in [-0.05, 0) is 69.5 Å². The number of piperidine rings is 1. The highest BCUT2D eigenvalue weighted by molar-refractivity contribution is 8.01. The molecule has 1 aromatic carbocycles. The number of hydrogen-bond acceptors (Lipinski definition) is 7. The maximum atomic E-state index is 13.5. The van der Waals surface area contributed by atoms with Crippen LogP contribution in [0.3, 0.4) is 0 Å². The van der Waals surface area contributed by atoms with E-state index in [1.165, 1.54) is 17.8 Å². The van der Waals surface area contributed by atoms with Gasteiger partial charge in [0.25, 0.3) is 0 Å². The van der Waals surface area contributed by atoms with Gasteiger partial charge in [0.05, 0.1) is 30.1 Å². The van der Waals surface area contributed by atoms with Gasteiger partial charge in [-0.25, -0.2) is 9.78 Å². The number of thioether (sulfide) groups is 1. The molecular weight excluding hydrogens is 530 g/mol. The number of anilines is 2. The second kappa shape index (κ2) is 11.9. The minimum atomic E-state index is -0.565. The van der Waals surface area contributed by atoms with Crippen LogP contribution in [0.4, 0.5) is 16.2 Å². The fourth-order valence-electron chi connectivity index (χ4n) is 5.38. The molecule has 0 radical (unpaired) electrons. The van der Waals surface area contributed by atoms with Gasteiger partial charge in [-0.2, -0.15) is 0 Å². The second-order valence-corrected chi connectivity index (χ2v) is 11.5. The van der Waals surface area contributed by atoms with Crippen LogP contribution in [0, 0.1) is 6.92 Å². The van der Waals surface area contributed by atoms with E-state index < -0.39 is 11.3 Å². The van der Waals surface area contributed by atoms with Crippen molar-refractivity contribution < 1.29 is 23.9 Å². The molecule has 3 aliphatic rings. The van der Waals surface area contributed by atoms with Crippen molar-refractivity contribution in [2.75, 3.05) is 31.2 Å². The van der Waals surface area contributed by atoms with Crippen molar-refractivity contribution in [1.82, 2.24) is 20.5 Å². The third kappa shape index (κ3) is 5.66. The molecule has 0 saturated carbocycles. The number of nitrogens with one attached hydrogen (secondary N) is 2. The van der Waals surface area contributed by atoms with Gasteiger partial charge in [-0.15, -0.1) is 0 Å². The number of urea groups is 1. The Kier molecular flexibility index (Phi) is 8.32. The second-order valence-electron chi connectivity index (χ2n) is 10.4. The molecule has 1 saturated heterocycles. The molecule has 212 valence electrons. The summed E-state index contributed by atoms with van der Waals surface area (Å²) in [4.78, 5) is 46.9. The van der Waals surface area contributed by atoms with E-state index in [0.29, 0.717) is 37.7 Å². The Balaban J connectivity index is 1.32. The van der Waals surface area contributed by atoms with E-state index in [9.17, 15) is 14.4 Å². The molecule has 4 heterocycles. The molecule has 3 atom stereocenters. The van der Waals surface area contributed by atoms with Crippen LogP contribution in [0.15, 0.2) is 48.1 Å². The molecule has 5 rings (SSSR count). The van der Waals surface area contributed by atoms with Crippen LogP contribution in [0.25, 0.3) is 0 Å². The lowest BCUT2D eigenvalue weighted by Gasteiger charge is -2.36. The molecule has 40 heavy (non-hydrogen) atoms. The van der Waals surface area contributed by atoms with E-state index in [4.69, 9.17) is 9.47 Å². The first-order chi connectivity index (χ1) is 19.3. The molecule has 2 aromatic rings. The molecule has 3 aliphatic heterocycles. The number of carbonyl (C=O) groups is 3. The number of nitrogens with zero attached hydrogens (tertiary/aromatic N) is 3. The molecule has 0 spiro atoms. The number of ether oxygens (including phenoxy) is 2. The molecule has 4 amide bonds. The van der Waals surface area contributed by atoms with E-state index >= 15 is 0 Å². The Morgan fingerprint density at radius 2 is 2.10 bits per heavy atom. The molecule has 1 aromatic heterocycles. The summed E-state index contributed by atoms with van der Waals surface area (Å²) in [5, 5.41) is 6.33. The summed E-state index contributed by atoms with van der Waals surface area (Å²) in [5.74, 6) is 0.391. The number of carbonyl (C=O) groups excluding carboxylic acids is 3. The van der Waals surface area contributed by atoms with Gasteiger partial charge in [-0.1, -0.05) is 18.3 Å². The zero-order valence-corrected chi connectivity index (χ0v) is 23.8. The lowest BCUT2D eigenvalue weighted by molar-refractivity contribution is -0.129. The summed E-state index contributed by atoms with van der Waals surface area (Å²) < 4.78 is 11.4. The first kappa shape index (κ1) is 28.0. The standard InChI is InChI=1S/C29H35N5O5S/c1-5-23(35)33-12-6-7-19(16-33)31-27(36)26-25-24-22(10-11-30-28(24)40-26)34(29(37)32-25)21-9-8-20(15-18(21)4)39-14-13-38-17(2)3/h5,8-11,15,17,19,25-26H,1,6-7,12-14,16H2,2-4H3,(H,31,36)(H,32,37)/t19?,25?,26-/m1/s1. The average molecular weight is 566 g/mol. The maximum absolute atomic E-state index is 13.5. The van der Waals surface area contributed by atoms with Crippen molar-refractivity contribution >= 4 is 41.0 Å². The van der Waals surface area contributed by atoms with Crippen molar-refractivity contribution in [3.05, 3.63) is 54.2 Å². The van der Waals surface area contributed by atoms with Crippen molar-refractivity contribution in [3.63, 3.8) is 0 Å². The highest BCUT2D eigenvalue weighted by Gasteiger charge is 2.47. The molecule has 2 N–H and O–H groups in total. The molecule has 0 bridgehead atoms. The van der Waals surface area contributed by atoms with E-state index in [1.54, 1.807) is 16.0 Å². The molecule has 2 unspecified atom stereocenters. The van der Waals surface area contributed by atoms with Crippen LogP contribution < -0.4 is 20.3 Å². The van der Waals surface area contributed by atoms with Crippen LogP contribution >= 0.6 is 11.8 Å². The van der Waals surface area contributed by atoms with Crippen molar-refractivity contribution in [3.8, 4) is 5.75 Å². The smallest absolute Gasteiger partial charge is 0.327 e. The fourth-order valence-corrected chi connectivity index (χ4v) is 6.62. The van der Waals surface area contributed by atoms with Crippen molar-refractivity contribution in [1.29, 1.82) is 0 Å². The van der Waals surface area contributed by atoms with Gasteiger partial charge in [0.2, 0.25) is 11.8 Å². The van der Waals surface area contributed by atoms with Crippen LogP contribution in [0.1, 0.15) is 43.9 Å². The quantitative estimate of drug-likeness (QED) is 0.351. The molecular formula is C29H35N5O5S. The van der Waals surface area contributed by atoms with Crippen LogP contribution in [-0.4, -0.2) is 71.4 Å². The number of benzene rings is 1. The topological polar surface area (TPSA) is 113 Å². The van der Waals surface area contributed by atoms with E-state index in [2.05, 4.69) is 22.2 Å². The monoisotopic (exact) mass is 565 g/mol. The van der Waals surface area contributed by atoms with Gasteiger partial charge in [0, 0.05) is 30.9 Å². The first-order valence-corrected chi connectivity index (χ1v) is 14.5. The van der Waals surface area contributed by atoms with E-state index in [1.807, 2.05) is 45.0 Å². The van der Waals surface area contributed by atoms with Crippen LogP contribution in [-0.2, 0) is 14.3 Å². The third-order valence-electron chi connectivity index (χ3n) is 7.23. The van der Waals surface area contributed by atoms with Gasteiger partial charge in [0.1, 0.15) is 22.6 Å². The van der Waals surface area contributed by atoms with E-state index in [-0.39, 0.29) is 30.0 Å². The Labute approximate surface area is 238 Å². The summed E-state index contributed by atoms with van der Waals surface area (Å²) in [6, 6.07) is 6.46. The Bertz CT molecular complexity index is 1320. The lowest BCUT2D eigenvalue weighted by Crippen LogP contribution is -2.53. The number of aromatic nitrogens is 1. The predicted molar refractivity (Wildman–Crippen MR) is 153 cm³/mol. The summed E-state index contributed by atoms with van der Waals surface area (Å²) in [7, 11) is 0. The van der Waals surface area contributed by atoms with Gasteiger partial charge in [-0.3, -0.25) is 14.5 Å². The summed E-state index contributed by atoms with van der Waals surface area (Å²) >= 11 is 1.36. The number of hydrogen-bond donors (Lipinski definition) is 2. The number of pyridine rings is 1. The summed E-state index contributed by atoms with van der Waals surface area (Å²) in [5.41, 5.74) is 3.15. The lowest BCUT2D eigenvalue weighted by atomic mass is 9.98. The average Bonchev–Trinajstić information content (AvgIpc) is 3.31. The van der Waals surface area contributed by atoms with Gasteiger partial charge in [0.15, 0.2) is 0 Å². The summed E-state index contributed by atoms with van der Waals surface area (Å²) in [6.07, 6.45) is 4.71. The number of aryl methyl sites for hydroxylation is 1. The minimum Gasteiger partial charge on any atom is -0.491 e.